The van der Waals surface area contributed by atoms with Gasteiger partial charge in [0.15, 0.2) is 0 Å². The molecule has 0 bridgehead atoms. The second kappa shape index (κ2) is 6.39. The van der Waals surface area contributed by atoms with Gasteiger partial charge in [0.1, 0.15) is 6.04 Å². The largest absolute Gasteiger partial charge is 0.480 e. The Labute approximate surface area is 137 Å². The standard InChI is InChI=1S/C15H15ClN4O3/c16-12-3-2-10(20-6-1-4-18-20)8-11(12)14(21)19-7-5-17-13(9-19)15(22)23/h1-4,6,8,13,17H,5,7,9H2,(H,22,23)/t13-/m0/s1. The van der Waals surface area contributed by atoms with E-state index in [0.29, 0.717) is 29.4 Å². The Bertz CT molecular complexity index is 732. The topological polar surface area (TPSA) is 87.5 Å². The molecule has 1 aliphatic heterocycles. The summed E-state index contributed by atoms with van der Waals surface area (Å²) in [7, 11) is 0. The number of nitrogens with zero attached hydrogens (tertiary/aromatic N) is 3. The Morgan fingerprint density at radius 1 is 1.39 bits per heavy atom. The zero-order valence-corrected chi connectivity index (χ0v) is 12.9. The van der Waals surface area contributed by atoms with Crippen LogP contribution in [-0.2, 0) is 4.79 Å². The van der Waals surface area contributed by atoms with Gasteiger partial charge >= 0.3 is 5.97 Å². The third kappa shape index (κ3) is 3.20. The van der Waals surface area contributed by atoms with E-state index in [4.69, 9.17) is 16.7 Å². The molecule has 3 rings (SSSR count). The lowest BCUT2D eigenvalue weighted by molar-refractivity contribution is -0.140. The molecular formula is C15H15ClN4O3. The number of rotatable bonds is 3. The van der Waals surface area contributed by atoms with Gasteiger partial charge in [0.05, 0.1) is 16.3 Å². The van der Waals surface area contributed by atoms with Crippen LogP contribution in [0.5, 0.6) is 0 Å². The van der Waals surface area contributed by atoms with E-state index in [1.54, 1.807) is 41.3 Å². The lowest BCUT2D eigenvalue weighted by Crippen LogP contribution is -2.55. The first kappa shape index (κ1) is 15.5. The monoisotopic (exact) mass is 334 g/mol. The summed E-state index contributed by atoms with van der Waals surface area (Å²) in [6.45, 7) is 0.973. The zero-order chi connectivity index (χ0) is 16.4. The maximum atomic E-state index is 12.7. The molecule has 1 atom stereocenters. The van der Waals surface area contributed by atoms with Crippen LogP contribution in [0.1, 0.15) is 10.4 Å². The van der Waals surface area contributed by atoms with E-state index in [1.807, 2.05) is 0 Å². The summed E-state index contributed by atoms with van der Waals surface area (Å²) in [5.41, 5.74) is 1.05. The molecule has 0 unspecified atom stereocenters. The summed E-state index contributed by atoms with van der Waals surface area (Å²) in [6.07, 6.45) is 3.41. The molecule has 0 radical (unpaired) electrons. The van der Waals surface area contributed by atoms with Gasteiger partial charge in [-0.1, -0.05) is 11.6 Å². The van der Waals surface area contributed by atoms with Gasteiger partial charge in [-0.25, -0.2) is 4.68 Å². The Morgan fingerprint density at radius 2 is 2.22 bits per heavy atom. The molecule has 2 N–H and O–H groups in total. The summed E-state index contributed by atoms with van der Waals surface area (Å²) in [6, 6.07) is 6.09. The number of halogens is 1. The van der Waals surface area contributed by atoms with Gasteiger partial charge in [0, 0.05) is 32.0 Å². The van der Waals surface area contributed by atoms with E-state index in [1.165, 1.54) is 4.90 Å². The summed E-state index contributed by atoms with van der Waals surface area (Å²) in [5, 5.41) is 16.4. The van der Waals surface area contributed by atoms with Crippen molar-refractivity contribution in [1.82, 2.24) is 20.0 Å². The number of nitrogens with one attached hydrogen (secondary N) is 1. The van der Waals surface area contributed by atoms with Crippen molar-refractivity contribution in [3.8, 4) is 5.69 Å². The third-order valence-corrected chi connectivity index (χ3v) is 4.04. The molecule has 1 aromatic heterocycles. The highest BCUT2D eigenvalue weighted by Crippen LogP contribution is 2.22. The van der Waals surface area contributed by atoms with Crippen LogP contribution in [0, 0.1) is 0 Å². The third-order valence-electron chi connectivity index (χ3n) is 3.71. The molecule has 23 heavy (non-hydrogen) atoms. The highest BCUT2D eigenvalue weighted by atomic mass is 35.5. The number of carbonyl (C=O) groups excluding carboxylic acids is 1. The molecule has 7 nitrogen and oxygen atoms in total. The van der Waals surface area contributed by atoms with Crippen molar-refractivity contribution < 1.29 is 14.7 Å². The van der Waals surface area contributed by atoms with Crippen LogP contribution in [0.25, 0.3) is 5.69 Å². The van der Waals surface area contributed by atoms with Crippen LogP contribution in [0.3, 0.4) is 0 Å². The molecule has 1 fully saturated rings. The minimum Gasteiger partial charge on any atom is -0.480 e. The van der Waals surface area contributed by atoms with E-state index in [0.717, 1.165) is 0 Å². The van der Waals surface area contributed by atoms with Crippen LogP contribution in [0.4, 0.5) is 0 Å². The van der Waals surface area contributed by atoms with Crippen molar-refractivity contribution in [2.45, 2.75) is 6.04 Å². The van der Waals surface area contributed by atoms with Crippen molar-refractivity contribution in [1.29, 1.82) is 0 Å². The number of aromatic nitrogens is 2. The second-order valence-corrected chi connectivity index (χ2v) is 5.62. The number of amides is 1. The summed E-state index contributed by atoms with van der Waals surface area (Å²) in [5.74, 6) is -1.25. The minimum atomic E-state index is -0.973. The number of piperazine rings is 1. The van der Waals surface area contributed by atoms with Crippen molar-refractivity contribution in [2.24, 2.45) is 0 Å². The van der Waals surface area contributed by atoms with Gasteiger partial charge < -0.3 is 15.3 Å². The lowest BCUT2D eigenvalue weighted by atomic mass is 10.1. The van der Waals surface area contributed by atoms with E-state index >= 15 is 0 Å². The molecule has 120 valence electrons. The Kier molecular flexibility index (Phi) is 4.31. The quantitative estimate of drug-likeness (QED) is 0.875. The molecule has 8 heteroatoms. The van der Waals surface area contributed by atoms with Crippen molar-refractivity contribution in [3.63, 3.8) is 0 Å². The lowest BCUT2D eigenvalue weighted by Gasteiger charge is -2.31. The van der Waals surface area contributed by atoms with Gasteiger partial charge in [-0.15, -0.1) is 0 Å². The van der Waals surface area contributed by atoms with Crippen LogP contribution in [0.15, 0.2) is 36.7 Å². The number of hydrogen-bond donors (Lipinski definition) is 2. The zero-order valence-electron chi connectivity index (χ0n) is 12.1. The first-order valence-corrected chi connectivity index (χ1v) is 7.49. The first-order chi connectivity index (χ1) is 11.1. The Balaban J connectivity index is 1.87. The molecular weight excluding hydrogens is 320 g/mol. The fourth-order valence-corrected chi connectivity index (χ4v) is 2.71. The number of carboxylic acid groups (broad SMARTS) is 1. The van der Waals surface area contributed by atoms with Crippen LogP contribution in [-0.4, -0.2) is 57.3 Å². The number of carboxylic acids is 1. The molecule has 1 aromatic carbocycles. The first-order valence-electron chi connectivity index (χ1n) is 7.11. The van der Waals surface area contributed by atoms with Gasteiger partial charge in [-0.3, -0.25) is 9.59 Å². The maximum absolute atomic E-state index is 12.7. The van der Waals surface area contributed by atoms with Gasteiger partial charge in [-0.2, -0.15) is 5.10 Å². The predicted octanol–water partition coefficient (Wildman–Crippen LogP) is 1.02. The Hall–Kier alpha value is -2.38. The van der Waals surface area contributed by atoms with Crippen molar-refractivity contribution in [2.75, 3.05) is 19.6 Å². The fourth-order valence-electron chi connectivity index (χ4n) is 2.51. The average molecular weight is 335 g/mol. The average Bonchev–Trinajstić information content (AvgIpc) is 3.09. The smallest absolute Gasteiger partial charge is 0.322 e. The van der Waals surface area contributed by atoms with E-state index in [9.17, 15) is 9.59 Å². The normalized spacial score (nSPS) is 18.0. The molecule has 0 saturated carbocycles. The van der Waals surface area contributed by atoms with Gasteiger partial charge in [-0.05, 0) is 24.3 Å². The van der Waals surface area contributed by atoms with Crippen LogP contribution in [0.2, 0.25) is 5.02 Å². The SMILES string of the molecule is O=C(O)[C@@H]1CN(C(=O)c2cc(-n3cccn3)ccc2Cl)CCN1. The number of aliphatic carboxylic acids is 1. The fraction of sp³-hybridized carbons (Fsp3) is 0.267. The Morgan fingerprint density at radius 3 is 2.91 bits per heavy atom. The second-order valence-electron chi connectivity index (χ2n) is 5.21. The summed E-state index contributed by atoms with van der Waals surface area (Å²) in [4.78, 5) is 25.3. The van der Waals surface area contributed by atoms with Crippen LogP contribution >= 0.6 is 11.6 Å². The molecule has 0 spiro atoms. The molecule has 2 aromatic rings. The summed E-state index contributed by atoms with van der Waals surface area (Å²) < 4.78 is 1.63. The highest BCUT2D eigenvalue weighted by Gasteiger charge is 2.29. The molecule has 0 aliphatic carbocycles. The van der Waals surface area contributed by atoms with E-state index in [-0.39, 0.29) is 12.5 Å². The number of benzene rings is 1. The number of hydrogen-bond acceptors (Lipinski definition) is 4. The van der Waals surface area contributed by atoms with Gasteiger partial charge in [0.25, 0.3) is 5.91 Å². The van der Waals surface area contributed by atoms with Crippen LogP contribution < -0.4 is 5.32 Å². The predicted molar refractivity (Wildman–Crippen MR) is 83.9 cm³/mol. The highest BCUT2D eigenvalue weighted by molar-refractivity contribution is 6.33. The molecule has 1 saturated heterocycles. The van der Waals surface area contributed by atoms with E-state index in [2.05, 4.69) is 10.4 Å². The molecule has 2 heterocycles. The molecule has 1 amide bonds. The number of carbonyl (C=O) groups is 2. The molecule has 1 aliphatic rings. The van der Waals surface area contributed by atoms with Crippen molar-refractivity contribution >= 4 is 23.5 Å². The van der Waals surface area contributed by atoms with Crippen molar-refractivity contribution in [3.05, 3.63) is 47.2 Å². The maximum Gasteiger partial charge on any atom is 0.322 e. The summed E-state index contributed by atoms with van der Waals surface area (Å²) >= 11 is 6.16. The minimum absolute atomic E-state index is 0.108. The van der Waals surface area contributed by atoms with Gasteiger partial charge in [0.2, 0.25) is 0 Å². The van der Waals surface area contributed by atoms with E-state index < -0.39 is 12.0 Å².